The van der Waals surface area contributed by atoms with Crippen LogP contribution in [0.15, 0.2) is 36.4 Å². The summed E-state index contributed by atoms with van der Waals surface area (Å²) in [7, 11) is 1.49. The van der Waals surface area contributed by atoms with Crippen molar-refractivity contribution in [3.05, 3.63) is 57.6 Å². The molecule has 0 aliphatic rings. The molecule has 0 saturated carbocycles. The van der Waals surface area contributed by atoms with Crippen LogP contribution < -0.4 is 15.2 Å². The molecule has 0 spiro atoms. The van der Waals surface area contributed by atoms with Crippen LogP contribution in [0.4, 0.5) is 0 Å². The molecule has 2 aromatic rings. The van der Waals surface area contributed by atoms with E-state index in [-0.39, 0.29) is 0 Å². The zero-order chi connectivity index (χ0) is 15.4. The molecule has 0 aliphatic heterocycles. The SMILES string of the molecule is COc1cc(C(N)=O)ccc1OCc1ccc(Cl)c(Cl)c1. The van der Waals surface area contributed by atoms with Gasteiger partial charge in [-0.2, -0.15) is 0 Å². The van der Waals surface area contributed by atoms with Crippen LogP contribution in [-0.2, 0) is 6.61 Å². The highest BCUT2D eigenvalue weighted by Gasteiger charge is 2.09. The molecule has 0 aliphatic carbocycles. The van der Waals surface area contributed by atoms with Crippen LogP contribution in [0.1, 0.15) is 15.9 Å². The quantitative estimate of drug-likeness (QED) is 0.912. The highest BCUT2D eigenvalue weighted by molar-refractivity contribution is 6.42. The Hall–Kier alpha value is -1.91. The van der Waals surface area contributed by atoms with E-state index in [1.54, 1.807) is 24.3 Å². The fourth-order valence-corrected chi connectivity index (χ4v) is 2.05. The molecular formula is C15H13Cl2NO3. The summed E-state index contributed by atoms with van der Waals surface area (Å²) >= 11 is 11.8. The van der Waals surface area contributed by atoms with E-state index in [9.17, 15) is 4.79 Å². The molecule has 0 unspecified atom stereocenters. The minimum absolute atomic E-state index is 0.295. The van der Waals surface area contributed by atoms with Gasteiger partial charge in [0.2, 0.25) is 5.91 Å². The summed E-state index contributed by atoms with van der Waals surface area (Å²) < 4.78 is 10.9. The monoisotopic (exact) mass is 325 g/mol. The lowest BCUT2D eigenvalue weighted by molar-refractivity contribution is 0.1000. The van der Waals surface area contributed by atoms with Crippen LogP contribution in [0.25, 0.3) is 0 Å². The maximum Gasteiger partial charge on any atom is 0.248 e. The zero-order valence-electron chi connectivity index (χ0n) is 11.2. The number of primary amides is 1. The number of amides is 1. The van der Waals surface area contributed by atoms with Crippen LogP contribution in [0.5, 0.6) is 11.5 Å². The number of benzene rings is 2. The van der Waals surface area contributed by atoms with E-state index in [0.717, 1.165) is 5.56 Å². The molecule has 0 saturated heterocycles. The highest BCUT2D eigenvalue weighted by atomic mass is 35.5. The van der Waals surface area contributed by atoms with Gasteiger partial charge in [0.1, 0.15) is 6.61 Å². The predicted molar refractivity (Wildman–Crippen MR) is 82.3 cm³/mol. The summed E-state index contributed by atoms with van der Waals surface area (Å²) in [6.45, 7) is 0.295. The van der Waals surface area contributed by atoms with Gasteiger partial charge >= 0.3 is 0 Å². The van der Waals surface area contributed by atoms with E-state index in [4.69, 9.17) is 38.4 Å². The molecule has 0 radical (unpaired) electrons. The molecule has 0 heterocycles. The maximum atomic E-state index is 11.1. The van der Waals surface area contributed by atoms with Gasteiger partial charge in [0, 0.05) is 5.56 Å². The first-order valence-electron chi connectivity index (χ1n) is 6.06. The minimum Gasteiger partial charge on any atom is -0.493 e. The first-order valence-corrected chi connectivity index (χ1v) is 6.81. The Balaban J connectivity index is 2.15. The van der Waals surface area contributed by atoms with E-state index in [2.05, 4.69) is 0 Å². The van der Waals surface area contributed by atoms with Gasteiger partial charge in [0.15, 0.2) is 11.5 Å². The van der Waals surface area contributed by atoms with Crippen molar-refractivity contribution in [1.29, 1.82) is 0 Å². The number of methoxy groups -OCH3 is 1. The normalized spacial score (nSPS) is 10.2. The van der Waals surface area contributed by atoms with Crippen molar-refractivity contribution in [2.45, 2.75) is 6.61 Å². The molecule has 2 N–H and O–H groups in total. The van der Waals surface area contributed by atoms with E-state index in [1.165, 1.54) is 13.2 Å². The Bertz CT molecular complexity index is 674. The fourth-order valence-electron chi connectivity index (χ4n) is 1.73. The molecule has 110 valence electrons. The molecule has 2 aromatic carbocycles. The number of nitrogens with two attached hydrogens (primary N) is 1. The topological polar surface area (TPSA) is 61.5 Å². The third-order valence-electron chi connectivity index (χ3n) is 2.83. The van der Waals surface area contributed by atoms with Crippen molar-refractivity contribution in [3.63, 3.8) is 0 Å². The third kappa shape index (κ3) is 3.80. The largest absolute Gasteiger partial charge is 0.493 e. The zero-order valence-corrected chi connectivity index (χ0v) is 12.7. The number of hydrogen-bond donors (Lipinski definition) is 1. The van der Waals surface area contributed by atoms with Crippen molar-refractivity contribution < 1.29 is 14.3 Å². The Morgan fingerprint density at radius 1 is 1.10 bits per heavy atom. The van der Waals surface area contributed by atoms with Gasteiger partial charge < -0.3 is 15.2 Å². The smallest absolute Gasteiger partial charge is 0.248 e. The van der Waals surface area contributed by atoms with Crippen LogP contribution in [-0.4, -0.2) is 13.0 Å². The van der Waals surface area contributed by atoms with Crippen molar-refractivity contribution in [3.8, 4) is 11.5 Å². The van der Waals surface area contributed by atoms with Gasteiger partial charge in [-0.25, -0.2) is 0 Å². The summed E-state index contributed by atoms with van der Waals surface area (Å²) in [4.78, 5) is 11.1. The Morgan fingerprint density at radius 2 is 1.86 bits per heavy atom. The molecule has 0 atom stereocenters. The number of rotatable bonds is 5. The maximum absolute atomic E-state index is 11.1. The summed E-state index contributed by atoms with van der Waals surface area (Å²) in [5.41, 5.74) is 6.44. The van der Waals surface area contributed by atoms with Crippen LogP contribution in [0, 0.1) is 0 Å². The average molecular weight is 326 g/mol. The molecule has 0 fully saturated rings. The lowest BCUT2D eigenvalue weighted by Gasteiger charge is -2.12. The highest BCUT2D eigenvalue weighted by Crippen LogP contribution is 2.29. The Labute approximate surface area is 132 Å². The van der Waals surface area contributed by atoms with E-state index >= 15 is 0 Å². The first-order chi connectivity index (χ1) is 10.0. The molecule has 2 rings (SSSR count). The lowest BCUT2D eigenvalue weighted by Crippen LogP contribution is -2.11. The van der Waals surface area contributed by atoms with Gasteiger partial charge in [-0.1, -0.05) is 29.3 Å². The number of ether oxygens (including phenoxy) is 2. The lowest BCUT2D eigenvalue weighted by atomic mass is 10.2. The molecule has 4 nitrogen and oxygen atoms in total. The van der Waals surface area contributed by atoms with Crippen molar-refractivity contribution in [1.82, 2.24) is 0 Å². The molecule has 0 aromatic heterocycles. The molecule has 1 amide bonds. The van der Waals surface area contributed by atoms with Gasteiger partial charge in [0.25, 0.3) is 0 Å². The molecule has 21 heavy (non-hydrogen) atoms. The average Bonchev–Trinajstić information content (AvgIpc) is 2.48. The summed E-state index contributed by atoms with van der Waals surface area (Å²) in [5.74, 6) is 0.421. The first kappa shape index (κ1) is 15.5. The van der Waals surface area contributed by atoms with E-state index in [0.29, 0.717) is 33.7 Å². The number of carbonyl (C=O) groups is 1. The standard InChI is InChI=1S/C15H13Cl2NO3/c1-20-14-7-10(15(18)19)3-5-13(14)21-8-9-2-4-11(16)12(17)6-9/h2-7H,8H2,1H3,(H2,18,19). The minimum atomic E-state index is -0.524. The van der Waals surface area contributed by atoms with Gasteiger partial charge in [0.05, 0.1) is 17.2 Å². The van der Waals surface area contributed by atoms with Crippen LogP contribution >= 0.6 is 23.2 Å². The Morgan fingerprint density at radius 3 is 2.48 bits per heavy atom. The second-order valence-corrected chi connectivity index (χ2v) is 5.08. The molecule has 0 bridgehead atoms. The van der Waals surface area contributed by atoms with Crippen LogP contribution in [0.3, 0.4) is 0 Å². The number of halogens is 2. The Kier molecular flexibility index (Phi) is 4.94. The fraction of sp³-hybridized carbons (Fsp3) is 0.133. The second-order valence-electron chi connectivity index (χ2n) is 4.27. The molecular weight excluding hydrogens is 313 g/mol. The van der Waals surface area contributed by atoms with Gasteiger partial charge in [-0.05, 0) is 35.9 Å². The predicted octanol–water partition coefficient (Wildman–Crippen LogP) is 3.68. The summed E-state index contributed by atoms with van der Waals surface area (Å²) in [5, 5.41) is 0.956. The summed E-state index contributed by atoms with van der Waals surface area (Å²) in [6, 6.07) is 10.0. The van der Waals surface area contributed by atoms with Crippen LogP contribution in [0.2, 0.25) is 10.0 Å². The van der Waals surface area contributed by atoms with Crippen molar-refractivity contribution >= 4 is 29.1 Å². The second kappa shape index (κ2) is 6.70. The number of carbonyl (C=O) groups excluding carboxylic acids is 1. The van der Waals surface area contributed by atoms with Crippen molar-refractivity contribution in [2.24, 2.45) is 5.73 Å². The van der Waals surface area contributed by atoms with Gasteiger partial charge in [-0.3, -0.25) is 4.79 Å². The molecule has 6 heteroatoms. The third-order valence-corrected chi connectivity index (χ3v) is 3.57. The van der Waals surface area contributed by atoms with E-state index in [1.807, 2.05) is 6.07 Å². The van der Waals surface area contributed by atoms with Gasteiger partial charge in [-0.15, -0.1) is 0 Å². The summed E-state index contributed by atoms with van der Waals surface area (Å²) in [6.07, 6.45) is 0. The number of hydrogen-bond acceptors (Lipinski definition) is 3. The van der Waals surface area contributed by atoms with Crippen molar-refractivity contribution in [2.75, 3.05) is 7.11 Å². The van der Waals surface area contributed by atoms with E-state index < -0.39 is 5.91 Å².